The zero-order valence-corrected chi connectivity index (χ0v) is 21.7. The molecule has 1 heterocycles. The van der Waals surface area contributed by atoms with E-state index in [1.807, 2.05) is 19.9 Å². The molecule has 2 aliphatic carbocycles. The highest BCUT2D eigenvalue weighted by atomic mass is 16.5. The van der Waals surface area contributed by atoms with Crippen molar-refractivity contribution in [2.45, 2.75) is 97.1 Å². The Labute approximate surface area is 209 Å². The summed E-state index contributed by atoms with van der Waals surface area (Å²) in [5.74, 6) is 1.13. The largest absolute Gasteiger partial charge is 0.512 e. The molecule has 0 saturated carbocycles. The Bertz CT molecular complexity index is 863. The Morgan fingerprint density at radius 3 is 2.71 bits per heavy atom. The van der Waals surface area contributed by atoms with Gasteiger partial charge in [-0.1, -0.05) is 30.7 Å². The number of hydrogen-bond donors (Lipinski definition) is 3. The van der Waals surface area contributed by atoms with Gasteiger partial charge in [-0.15, -0.1) is 0 Å². The molecule has 0 aromatic heterocycles. The molecule has 7 nitrogen and oxygen atoms in total. The molecule has 1 amide bonds. The third kappa shape index (κ3) is 6.78. The molecule has 1 fully saturated rings. The van der Waals surface area contributed by atoms with Crippen molar-refractivity contribution < 1.29 is 29.6 Å². The van der Waals surface area contributed by atoms with Crippen molar-refractivity contribution in [1.82, 2.24) is 4.90 Å². The third-order valence-corrected chi connectivity index (χ3v) is 7.41. The lowest BCUT2D eigenvalue weighted by Crippen LogP contribution is -2.48. The van der Waals surface area contributed by atoms with Crippen molar-refractivity contribution in [2.24, 2.45) is 11.8 Å². The minimum atomic E-state index is -0.937. The number of allylic oxidation sites excluding steroid dienone is 6. The monoisotopic (exact) mass is 489 g/mol. The first-order valence-corrected chi connectivity index (χ1v) is 13.0. The van der Waals surface area contributed by atoms with Crippen LogP contribution in [-0.4, -0.2) is 63.8 Å². The molecule has 0 aromatic rings. The topological polar surface area (TPSA) is 99.5 Å². The van der Waals surface area contributed by atoms with Crippen molar-refractivity contribution in [1.29, 1.82) is 0 Å². The minimum absolute atomic E-state index is 0.00756. The fourth-order valence-electron chi connectivity index (χ4n) is 5.42. The summed E-state index contributed by atoms with van der Waals surface area (Å²) in [7, 11) is 0. The Kier molecular flexibility index (Phi) is 9.62. The first kappa shape index (κ1) is 27.5. The van der Waals surface area contributed by atoms with Crippen molar-refractivity contribution >= 4 is 5.91 Å². The van der Waals surface area contributed by atoms with Gasteiger partial charge in [0.2, 0.25) is 5.91 Å². The van der Waals surface area contributed by atoms with Crippen LogP contribution < -0.4 is 0 Å². The molecule has 6 atom stereocenters. The number of ether oxygens (including phenoxy) is 2. The summed E-state index contributed by atoms with van der Waals surface area (Å²) in [6.07, 6.45) is 5.83. The number of aliphatic hydroxyl groups is 3. The second kappa shape index (κ2) is 12.2. The lowest BCUT2D eigenvalue weighted by molar-refractivity contribution is -0.170. The second-order valence-corrected chi connectivity index (χ2v) is 10.4. The molecule has 3 aliphatic rings. The Morgan fingerprint density at radius 2 is 2.06 bits per heavy atom. The molecular weight excluding hydrogens is 446 g/mol. The van der Waals surface area contributed by atoms with Gasteiger partial charge in [-0.2, -0.15) is 0 Å². The molecule has 0 aromatic carbocycles. The average Bonchev–Trinajstić information content (AvgIpc) is 2.79. The maximum atomic E-state index is 13.1. The van der Waals surface area contributed by atoms with Crippen LogP contribution in [0.5, 0.6) is 0 Å². The van der Waals surface area contributed by atoms with E-state index in [4.69, 9.17) is 9.47 Å². The summed E-state index contributed by atoms with van der Waals surface area (Å²) in [6, 6.07) is 0. The van der Waals surface area contributed by atoms with Gasteiger partial charge in [0.25, 0.3) is 0 Å². The fraction of sp³-hybridized carbons (Fsp3) is 0.679. The van der Waals surface area contributed by atoms with Crippen molar-refractivity contribution in [2.75, 3.05) is 13.3 Å². The molecular formula is C28H43NO6. The van der Waals surface area contributed by atoms with Crippen molar-refractivity contribution in [3.05, 3.63) is 47.0 Å². The highest BCUT2D eigenvalue weighted by Crippen LogP contribution is 2.43. The molecule has 1 saturated heterocycles. The van der Waals surface area contributed by atoms with Gasteiger partial charge in [0.1, 0.15) is 17.6 Å². The van der Waals surface area contributed by atoms with E-state index >= 15 is 0 Å². The van der Waals surface area contributed by atoms with Gasteiger partial charge in [-0.05, 0) is 58.4 Å². The predicted molar refractivity (Wildman–Crippen MR) is 135 cm³/mol. The van der Waals surface area contributed by atoms with Crippen LogP contribution in [0.2, 0.25) is 0 Å². The van der Waals surface area contributed by atoms with Crippen LogP contribution in [0.15, 0.2) is 47.0 Å². The van der Waals surface area contributed by atoms with E-state index in [9.17, 15) is 20.1 Å². The van der Waals surface area contributed by atoms with E-state index in [0.29, 0.717) is 30.9 Å². The number of amides is 1. The molecule has 0 spiro atoms. The molecule has 4 unspecified atom stereocenters. The first-order valence-electron chi connectivity index (χ1n) is 13.0. The van der Waals surface area contributed by atoms with Gasteiger partial charge in [-0.3, -0.25) is 4.79 Å². The first-order chi connectivity index (χ1) is 16.6. The fourth-order valence-corrected chi connectivity index (χ4v) is 5.42. The standard InChI is InChI=1S/C28H43NO6/c1-6-12-29(26(32)15-20-14-24(31)28(33)19(5)35-20)16-34-25-9-7-8-23(30)27(25)22-13-18(4)10-11-21(22)17(2)3/h9,13,19-22,24,28,30-31,33H,2,6-8,10-12,14-16H2,1,3-5H3/t19?,20?,21?,22-,24?,28-/m1/s1. The number of carbonyl (C=O) groups excluding carboxylic acids is 1. The van der Waals surface area contributed by atoms with E-state index < -0.39 is 24.4 Å². The van der Waals surface area contributed by atoms with Crippen molar-refractivity contribution in [3.63, 3.8) is 0 Å². The van der Waals surface area contributed by atoms with E-state index in [0.717, 1.165) is 30.4 Å². The van der Waals surface area contributed by atoms with Crippen LogP contribution >= 0.6 is 0 Å². The summed E-state index contributed by atoms with van der Waals surface area (Å²) in [5.41, 5.74) is 3.21. The highest BCUT2D eigenvalue weighted by Gasteiger charge is 2.36. The summed E-state index contributed by atoms with van der Waals surface area (Å²) in [5, 5.41) is 30.9. The minimum Gasteiger partial charge on any atom is -0.512 e. The van der Waals surface area contributed by atoms with Crippen LogP contribution in [0.1, 0.15) is 72.6 Å². The summed E-state index contributed by atoms with van der Waals surface area (Å²) < 4.78 is 12.0. The van der Waals surface area contributed by atoms with Gasteiger partial charge >= 0.3 is 0 Å². The van der Waals surface area contributed by atoms with Gasteiger partial charge in [-0.25, -0.2) is 0 Å². The molecule has 3 rings (SSSR count). The number of hydrogen-bond acceptors (Lipinski definition) is 6. The third-order valence-electron chi connectivity index (χ3n) is 7.41. The SMILES string of the molecule is C=C(C)C1CCC(C)=C[C@H]1C1=C(O)CCC=C1OCN(CCC)C(=O)CC1CC(O)[C@H](O)C(C)O1. The van der Waals surface area contributed by atoms with Gasteiger partial charge < -0.3 is 29.7 Å². The van der Waals surface area contributed by atoms with E-state index in [-0.39, 0.29) is 37.3 Å². The van der Waals surface area contributed by atoms with Crippen molar-refractivity contribution in [3.8, 4) is 0 Å². The van der Waals surface area contributed by atoms with Crippen LogP contribution in [-0.2, 0) is 14.3 Å². The normalized spacial score (nSPS) is 31.5. The molecule has 0 bridgehead atoms. The maximum Gasteiger partial charge on any atom is 0.227 e. The zero-order chi connectivity index (χ0) is 25.7. The summed E-state index contributed by atoms with van der Waals surface area (Å²) in [6.45, 7) is 12.7. The van der Waals surface area contributed by atoms with Gasteiger partial charge in [0.05, 0.1) is 24.7 Å². The number of aliphatic hydroxyl groups excluding tert-OH is 3. The number of nitrogens with zero attached hydrogens (tertiary/aromatic N) is 1. The molecule has 1 aliphatic heterocycles. The Hall–Kier alpha value is -2.09. The van der Waals surface area contributed by atoms with Crippen LogP contribution in [0.25, 0.3) is 0 Å². The van der Waals surface area contributed by atoms with E-state index in [2.05, 4.69) is 19.6 Å². The quantitative estimate of drug-likeness (QED) is 0.325. The van der Waals surface area contributed by atoms with Crippen LogP contribution in [0.4, 0.5) is 0 Å². The smallest absolute Gasteiger partial charge is 0.227 e. The average molecular weight is 490 g/mol. The number of rotatable bonds is 9. The molecule has 35 heavy (non-hydrogen) atoms. The van der Waals surface area contributed by atoms with Crippen LogP contribution in [0.3, 0.4) is 0 Å². The number of carbonyl (C=O) groups is 1. The van der Waals surface area contributed by atoms with Gasteiger partial charge in [0, 0.05) is 30.9 Å². The Balaban J connectivity index is 1.71. The van der Waals surface area contributed by atoms with E-state index in [1.54, 1.807) is 11.8 Å². The molecule has 0 radical (unpaired) electrons. The lowest BCUT2D eigenvalue weighted by Gasteiger charge is -2.36. The summed E-state index contributed by atoms with van der Waals surface area (Å²) in [4.78, 5) is 14.8. The Morgan fingerprint density at radius 1 is 1.31 bits per heavy atom. The molecule has 196 valence electrons. The predicted octanol–water partition coefficient (Wildman–Crippen LogP) is 4.53. The van der Waals surface area contributed by atoms with Gasteiger partial charge in [0.15, 0.2) is 6.73 Å². The summed E-state index contributed by atoms with van der Waals surface area (Å²) >= 11 is 0. The maximum absolute atomic E-state index is 13.1. The molecule has 3 N–H and O–H groups in total. The lowest BCUT2D eigenvalue weighted by atomic mass is 9.72. The van der Waals surface area contributed by atoms with E-state index in [1.165, 1.54) is 5.57 Å². The highest BCUT2D eigenvalue weighted by molar-refractivity contribution is 5.76. The zero-order valence-electron chi connectivity index (χ0n) is 21.7. The second-order valence-electron chi connectivity index (χ2n) is 10.4. The molecule has 7 heteroatoms. The van der Waals surface area contributed by atoms with Crippen LogP contribution in [0, 0.1) is 11.8 Å².